The highest BCUT2D eigenvalue weighted by molar-refractivity contribution is 4.89. The zero-order chi connectivity index (χ0) is 6.74. The second-order valence-corrected chi connectivity index (χ2v) is 2.37. The van der Waals surface area contributed by atoms with Crippen LogP contribution >= 0.6 is 0 Å². The summed E-state index contributed by atoms with van der Waals surface area (Å²) in [5.41, 5.74) is -1.08. The standard InChI is InChI=1S/C5H8N2O2/c8-6-5(7-9)3-1-2-4-5/h1-4H2. The van der Waals surface area contributed by atoms with Crippen LogP contribution in [0.15, 0.2) is 10.4 Å². The molecule has 1 aliphatic rings. The minimum Gasteiger partial charge on any atom is -0.148 e. The van der Waals surface area contributed by atoms with Crippen LogP contribution in [0, 0.1) is 9.81 Å². The van der Waals surface area contributed by atoms with Gasteiger partial charge in [-0.1, -0.05) is 0 Å². The van der Waals surface area contributed by atoms with Gasteiger partial charge < -0.3 is 0 Å². The summed E-state index contributed by atoms with van der Waals surface area (Å²) in [7, 11) is 0. The van der Waals surface area contributed by atoms with E-state index in [-0.39, 0.29) is 0 Å². The normalized spacial score (nSPS) is 23.6. The molecule has 0 amide bonds. The molecule has 1 fully saturated rings. The van der Waals surface area contributed by atoms with E-state index in [2.05, 4.69) is 10.4 Å². The fourth-order valence-electron chi connectivity index (χ4n) is 1.14. The Kier molecular flexibility index (Phi) is 1.55. The summed E-state index contributed by atoms with van der Waals surface area (Å²) in [4.78, 5) is 20.0. The number of hydrogen-bond donors (Lipinski definition) is 0. The Morgan fingerprint density at radius 2 is 1.44 bits per heavy atom. The average Bonchev–Trinajstić information content (AvgIpc) is 2.36. The van der Waals surface area contributed by atoms with Crippen molar-refractivity contribution in [1.82, 2.24) is 0 Å². The van der Waals surface area contributed by atoms with Gasteiger partial charge in [-0.05, 0) is 36.0 Å². The van der Waals surface area contributed by atoms with Crippen molar-refractivity contribution in [2.75, 3.05) is 0 Å². The monoisotopic (exact) mass is 128 g/mol. The summed E-state index contributed by atoms with van der Waals surface area (Å²) in [5.74, 6) is 0. The Balaban J connectivity index is 2.66. The van der Waals surface area contributed by atoms with Crippen LogP contribution in [0.2, 0.25) is 0 Å². The van der Waals surface area contributed by atoms with Gasteiger partial charge in [0.15, 0.2) is 0 Å². The summed E-state index contributed by atoms with van der Waals surface area (Å²) in [6.45, 7) is 0. The van der Waals surface area contributed by atoms with Crippen molar-refractivity contribution in [3.63, 3.8) is 0 Å². The largest absolute Gasteiger partial charge is 0.232 e. The summed E-state index contributed by atoms with van der Waals surface area (Å²) < 4.78 is 0. The van der Waals surface area contributed by atoms with Crippen LogP contribution in [0.25, 0.3) is 0 Å². The highest BCUT2D eigenvalue weighted by Crippen LogP contribution is 2.33. The average molecular weight is 128 g/mol. The van der Waals surface area contributed by atoms with Gasteiger partial charge in [-0.25, -0.2) is 0 Å². The number of rotatable bonds is 2. The fraction of sp³-hybridized carbons (Fsp3) is 1.00. The first-order chi connectivity index (χ1) is 4.33. The molecule has 1 aliphatic carbocycles. The van der Waals surface area contributed by atoms with E-state index >= 15 is 0 Å². The lowest BCUT2D eigenvalue weighted by molar-refractivity contribution is 0.458. The lowest BCUT2D eigenvalue weighted by Crippen LogP contribution is -2.15. The van der Waals surface area contributed by atoms with Gasteiger partial charge in [0.25, 0.3) is 0 Å². The Morgan fingerprint density at radius 3 is 1.67 bits per heavy atom. The molecule has 1 rings (SSSR count). The first-order valence-electron chi connectivity index (χ1n) is 3.02. The van der Waals surface area contributed by atoms with Crippen LogP contribution < -0.4 is 0 Å². The van der Waals surface area contributed by atoms with Crippen LogP contribution in [0.4, 0.5) is 0 Å². The lowest BCUT2D eigenvalue weighted by Gasteiger charge is -2.06. The Hall–Kier alpha value is -0.800. The molecule has 0 heterocycles. The second kappa shape index (κ2) is 2.21. The highest BCUT2D eigenvalue weighted by atomic mass is 16.3. The molecule has 4 heteroatoms. The van der Waals surface area contributed by atoms with Gasteiger partial charge in [0.05, 0.1) is 0 Å². The van der Waals surface area contributed by atoms with Crippen molar-refractivity contribution in [3.05, 3.63) is 9.81 Å². The van der Waals surface area contributed by atoms with Crippen molar-refractivity contribution in [2.24, 2.45) is 10.4 Å². The van der Waals surface area contributed by atoms with Gasteiger partial charge in [-0.3, -0.25) is 0 Å². The maximum atomic E-state index is 10.0. The third-order valence-corrected chi connectivity index (χ3v) is 1.74. The third-order valence-electron chi connectivity index (χ3n) is 1.74. The minimum atomic E-state index is -1.08. The number of nitrogens with zero attached hydrogens (tertiary/aromatic N) is 2. The van der Waals surface area contributed by atoms with Crippen LogP contribution in [0.1, 0.15) is 25.7 Å². The SMILES string of the molecule is O=NC1(N=O)CCCC1. The molecule has 0 aliphatic heterocycles. The molecule has 0 unspecified atom stereocenters. The van der Waals surface area contributed by atoms with Crippen molar-refractivity contribution < 1.29 is 0 Å². The van der Waals surface area contributed by atoms with Crippen LogP contribution in [-0.2, 0) is 0 Å². The smallest absolute Gasteiger partial charge is 0.148 e. The van der Waals surface area contributed by atoms with Crippen molar-refractivity contribution in [1.29, 1.82) is 0 Å². The van der Waals surface area contributed by atoms with Gasteiger partial charge in [-0.2, -0.15) is 0 Å². The van der Waals surface area contributed by atoms with E-state index in [0.717, 1.165) is 12.8 Å². The predicted octanol–water partition coefficient (Wildman–Crippen LogP) is 1.79. The molecule has 1 saturated carbocycles. The quantitative estimate of drug-likeness (QED) is 0.532. The van der Waals surface area contributed by atoms with E-state index in [1.165, 1.54) is 0 Å². The molecule has 0 spiro atoms. The molecular weight excluding hydrogens is 120 g/mol. The van der Waals surface area contributed by atoms with Crippen LogP contribution in [0.5, 0.6) is 0 Å². The predicted molar refractivity (Wildman–Crippen MR) is 32.8 cm³/mol. The molecule has 4 nitrogen and oxygen atoms in total. The minimum absolute atomic E-state index is 0.542. The van der Waals surface area contributed by atoms with E-state index in [0.29, 0.717) is 12.8 Å². The van der Waals surface area contributed by atoms with Gasteiger partial charge in [0.2, 0.25) is 5.66 Å². The van der Waals surface area contributed by atoms with Crippen LogP contribution in [-0.4, -0.2) is 5.66 Å². The molecule has 50 valence electrons. The summed E-state index contributed by atoms with van der Waals surface area (Å²) in [6.07, 6.45) is 2.88. The second-order valence-electron chi connectivity index (χ2n) is 2.37. The maximum Gasteiger partial charge on any atom is 0.232 e. The molecule has 0 aromatic heterocycles. The van der Waals surface area contributed by atoms with E-state index in [1.54, 1.807) is 0 Å². The van der Waals surface area contributed by atoms with Crippen LogP contribution in [0.3, 0.4) is 0 Å². The molecule has 0 radical (unpaired) electrons. The first-order valence-corrected chi connectivity index (χ1v) is 3.02. The van der Waals surface area contributed by atoms with Crippen molar-refractivity contribution in [2.45, 2.75) is 31.3 Å². The zero-order valence-corrected chi connectivity index (χ0v) is 5.04. The Labute approximate surface area is 52.6 Å². The molecule has 0 aromatic carbocycles. The summed E-state index contributed by atoms with van der Waals surface area (Å²) in [5, 5.41) is 5.42. The summed E-state index contributed by atoms with van der Waals surface area (Å²) in [6, 6.07) is 0. The lowest BCUT2D eigenvalue weighted by atomic mass is 10.2. The molecule has 9 heavy (non-hydrogen) atoms. The molecule has 0 aromatic rings. The van der Waals surface area contributed by atoms with E-state index < -0.39 is 5.66 Å². The van der Waals surface area contributed by atoms with Crippen molar-refractivity contribution >= 4 is 0 Å². The Bertz CT molecular complexity index is 119. The number of hydrogen-bond acceptors (Lipinski definition) is 4. The van der Waals surface area contributed by atoms with Gasteiger partial charge in [0.1, 0.15) is 0 Å². The van der Waals surface area contributed by atoms with Gasteiger partial charge in [0, 0.05) is 0 Å². The molecule has 0 N–H and O–H groups in total. The molecule has 0 atom stereocenters. The first kappa shape index (κ1) is 6.32. The Morgan fingerprint density at radius 1 is 1.00 bits per heavy atom. The zero-order valence-electron chi connectivity index (χ0n) is 5.04. The van der Waals surface area contributed by atoms with Crippen molar-refractivity contribution in [3.8, 4) is 0 Å². The topological polar surface area (TPSA) is 58.9 Å². The van der Waals surface area contributed by atoms with E-state index in [4.69, 9.17) is 0 Å². The van der Waals surface area contributed by atoms with E-state index in [9.17, 15) is 9.81 Å². The number of nitroso groups, excluding NO2 is 2. The highest BCUT2D eigenvalue weighted by Gasteiger charge is 2.36. The van der Waals surface area contributed by atoms with Gasteiger partial charge in [-0.15, -0.1) is 9.81 Å². The summed E-state index contributed by atoms with van der Waals surface area (Å²) >= 11 is 0. The van der Waals surface area contributed by atoms with E-state index in [1.807, 2.05) is 0 Å². The fourth-order valence-corrected chi connectivity index (χ4v) is 1.14. The maximum absolute atomic E-state index is 10.0. The molecule has 0 bridgehead atoms. The molecule has 0 saturated heterocycles. The van der Waals surface area contributed by atoms with Gasteiger partial charge >= 0.3 is 0 Å². The molecular formula is C5H8N2O2. The third kappa shape index (κ3) is 0.966.